The summed E-state index contributed by atoms with van der Waals surface area (Å²) in [6.45, 7) is 0. The van der Waals surface area contributed by atoms with Gasteiger partial charge in [-0.3, -0.25) is 4.99 Å². The number of hydrogen-bond acceptors (Lipinski definition) is 4. The minimum Gasteiger partial charge on any atom is -0.497 e. The maximum absolute atomic E-state index is 6.80. The molecular weight excluding hydrogens is 398 g/mol. The third-order valence-electron chi connectivity index (χ3n) is 7.69. The molecule has 5 aliphatic rings. The van der Waals surface area contributed by atoms with Crippen LogP contribution in [0.3, 0.4) is 0 Å². The molecule has 0 N–H and O–H groups in total. The first-order chi connectivity index (χ1) is 15.7. The molecule has 0 atom stereocenters. The summed E-state index contributed by atoms with van der Waals surface area (Å²) in [5, 5.41) is 0. The first-order valence-electron chi connectivity index (χ1n) is 11.8. The molecule has 0 saturated heterocycles. The lowest BCUT2D eigenvalue weighted by Crippen LogP contribution is -2.60. The zero-order valence-corrected chi connectivity index (χ0v) is 18.4. The second kappa shape index (κ2) is 7.84. The molecule has 0 amide bonds. The topological polar surface area (TPSA) is 40.0 Å². The van der Waals surface area contributed by atoms with Gasteiger partial charge in [-0.05, 0) is 74.3 Å². The maximum atomic E-state index is 6.80. The van der Waals surface area contributed by atoms with Crippen LogP contribution in [0.5, 0.6) is 5.75 Å². The minimum absolute atomic E-state index is 0.466. The van der Waals surface area contributed by atoms with Crippen molar-refractivity contribution in [1.82, 2.24) is 0 Å². The summed E-state index contributed by atoms with van der Waals surface area (Å²) in [5.74, 6) is 4.67. The Kier molecular flexibility index (Phi) is 4.82. The summed E-state index contributed by atoms with van der Waals surface area (Å²) in [4.78, 5) is 4.59. The van der Waals surface area contributed by atoms with Crippen LogP contribution in [0, 0.1) is 23.7 Å². The van der Waals surface area contributed by atoms with E-state index in [2.05, 4.69) is 29.3 Å². The van der Waals surface area contributed by atoms with Gasteiger partial charge in [0.25, 0.3) is 5.79 Å². The highest BCUT2D eigenvalue weighted by Crippen LogP contribution is 2.62. The van der Waals surface area contributed by atoms with Gasteiger partial charge in [0.15, 0.2) is 0 Å². The zero-order valence-electron chi connectivity index (χ0n) is 18.4. The molecule has 2 aromatic carbocycles. The molecule has 1 spiro atoms. The molecule has 1 heterocycles. The Morgan fingerprint density at radius 2 is 1.56 bits per heavy atom. The number of benzene rings is 2. The monoisotopic (exact) mass is 427 g/mol. The molecule has 32 heavy (non-hydrogen) atoms. The quantitative estimate of drug-likeness (QED) is 0.521. The van der Waals surface area contributed by atoms with Crippen molar-refractivity contribution < 1.29 is 14.2 Å². The van der Waals surface area contributed by atoms with Crippen molar-refractivity contribution in [1.29, 1.82) is 0 Å². The van der Waals surface area contributed by atoms with Gasteiger partial charge in [-0.2, -0.15) is 0 Å². The Bertz CT molecular complexity index is 1040. The van der Waals surface area contributed by atoms with Crippen LogP contribution in [0.15, 0.2) is 77.5 Å². The maximum Gasteiger partial charge on any atom is 0.256 e. The highest BCUT2D eigenvalue weighted by molar-refractivity contribution is 5.77. The number of ether oxygens (including phenoxy) is 3. The van der Waals surface area contributed by atoms with E-state index in [0.717, 1.165) is 40.4 Å². The summed E-state index contributed by atoms with van der Waals surface area (Å²) in [6.07, 6.45) is 12.1. The lowest BCUT2D eigenvalue weighted by molar-refractivity contribution is -0.300. The van der Waals surface area contributed by atoms with Gasteiger partial charge in [-0.15, -0.1) is 0 Å². The van der Waals surface area contributed by atoms with Gasteiger partial charge < -0.3 is 14.2 Å². The van der Waals surface area contributed by atoms with Crippen molar-refractivity contribution >= 4 is 17.7 Å². The molecule has 164 valence electrons. The number of allylic oxidation sites excluding steroid dienone is 2. The van der Waals surface area contributed by atoms with Gasteiger partial charge in [0.2, 0.25) is 0 Å². The molecule has 4 fully saturated rings. The lowest BCUT2D eigenvalue weighted by atomic mass is 9.53. The predicted octanol–water partition coefficient (Wildman–Crippen LogP) is 6.52. The van der Waals surface area contributed by atoms with Crippen molar-refractivity contribution in [2.45, 2.75) is 37.9 Å². The fourth-order valence-corrected chi connectivity index (χ4v) is 6.43. The lowest BCUT2D eigenvalue weighted by Gasteiger charge is -2.60. The molecule has 1 aliphatic heterocycles. The average Bonchev–Trinajstić information content (AvgIpc) is 2.83. The first kappa shape index (κ1) is 19.7. The third kappa shape index (κ3) is 3.42. The fraction of sp³-hybridized carbons (Fsp3) is 0.393. The molecule has 0 aromatic heterocycles. The van der Waals surface area contributed by atoms with E-state index in [9.17, 15) is 0 Å². The smallest absolute Gasteiger partial charge is 0.256 e. The van der Waals surface area contributed by atoms with Crippen molar-refractivity contribution in [3.05, 3.63) is 78.1 Å². The molecule has 4 saturated carbocycles. The van der Waals surface area contributed by atoms with Crippen LogP contribution in [0.1, 0.15) is 37.7 Å². The highest BCUT2D eigenvalue weighted by atomic mass is 16.7. The van der Waals surface area contributed by atoms with E-state index in [1.165, 1.54) is 32.1 Å². The van der Waals surface area contributed by atoms with E-state index in [-0.39, 0.29) is 0 Å². The van der Waals surface area contributed by atoms with Crippen LogP contribution >= 0.6 is 0 Å². The highest BCUT2D eigenvalue weighted by Gasteiger charge is 2.62. The fourth-order valence-electron chi connectivity index (χ4n) is 6.43. The van der Waals surface area contributed by atoms with Gasteiger partial charge >= 0.3 is 0 Å². The van der Waals surface area contributed by atoms with Crippen LogP contribution in [-0.4, -0.2) is 19.1 Å². The second-order valence-electron chi connectivity index (χ2n) is 9.65. The number of hydrogen-bond donors (Lipinski definition) is 0. The second-order valence-corrected chi connectivity index (χ2v) is 9.65. The molecule has 4 aliphatic carbocycles. The van der Waals surface area contributed by atoms with Gasteiger partial charge in [-0.1, -0.05) is 30.3 Å². The molecule has 4 bridgehead atoms. The molecule has 4 nitrogen and oxygen atoms in total. The molecule has 7 rings (SSSR count). The molecule has 0 unspecified atom stereocenters. The normalized spacial score (nSPS) is 33.9. The molecular formula is C28H29NO3. The number of methoxy groups -OCH3 is 1. The largest absolute Gasteiger partial charge is 0.497 e. The Morgan fingerprint density at radius 3 is 2.22 bits per heavy atom. The van der Waals surface area contributed by atoms with Crippen LogP contribution in [-0.2, 0) is 9.47 Å². The summed E-state index contributed by atoms with van der Waals surface area (Å²) in [5.41, 5.74) is 1.98. The SMILES string of the molecule is COc1ccc(N=C/C=C2\C=C(c3ccccc3)OC3(O2)C2CC4CC(C2)CC3C4)cc1. The van der Waals surface area contributed by atoms with Gasteiger partial charge in [0.1, 0.15) is 17.3 Å². The van der Waals surface area contributed by atoms with Crippen LogP contribution in [0.2, 0.25) is 0 Å². The summed E-state index contributed by atoms with van der Waals surface area (Å²) in [6, 6.07) is 18.1. The average molecular weight is 428 g/mol. The van der Waals surface area contributed by atoms with E-state index in [0.29, 0.717) is 11.8 Å². The van der Waals surface area contributed by atoms with Gasteiger partial charge in [0.05, 0.1) is 12.8 Å². The third-order valence-corrected chi connectivity index (χ3v) is 7.69. The molecule has 2 aromatic rings. The van der Waals surface area contributed by atoms with Crippen molar-refractivity contribution in [2.24, 2.45) is 28.7 Å². The number of aliphatic imine (C=N–C) groups is 1. The minimum atomic E-state index is -0.535. The van der Waals surface area contributed by atoms with Gasteiger partial charge in [-0.25, -0.2) is 0 Å². The summed E-state index contributed by atoms with van der Waals surface area (Å²) >= 11 is 0. The van der Waals surface area contributed by atoms with Gasteiger partial charge in [0, 0.05) is 29.7 Å². The van der Waals surface area contributed by atoms with Crippen molar-refractivity contribution in [2.75, 3.05) is 7.11 Å². The van der Waals surface area contributed by atoms with Crippen molar-refractivity contribution in [3.8, 4) is 5.75 Å². The summed E-state index contributed by atoms with van der Waals surface area (Å²) < 4.78 is 18.8. The van der Waals surface area contributed by atoms with Crippen molar-refractivity contribution in [3.63, 3.8) is 0 Å². The molecule has 4 heteroatoms. The van der Waals surface area contributed by atoms with Crippen LogP contribution in [0.4, 0.5) is 5.69 Å². The number of nitrogens with zero attached hydrogens (tertiary/aromatic N) is 1. The Hall–Kier alpha value is -3.01. The van der Waals surface area contributed by atoms with E-state index < -0.39 is 5.79 Å². The van der Waals surface area contributed by atoms with E-state index in [1.54, 1.807) is 7.11 Å². The van der Waals surface area contributed by atoms with E-state index in [4.69, 9.17) is 14.2 Å². The Balaban J connectivity index is 1.33. The predicted molar refractivity (Wildman–Crippen MR) is 126 cm³/mol. The first-order valence-corrected chi connectivity index (χ1v) is 11.8. The standard InChI is InChI=1S/C28H29NO3/c1-30-25-9-7-24(8-10-25)29-12-11-26-18-27(21-5-3-2-4-6-21)32-28(31-26)22-14-19-13-20(16-22)17-23(28)15-19/h2-12,18-20,22-23H,13-17H2,1H3/b26-11+,29-12?. The number of rotatable bonds is 4. The zero-order chi connectivity index (χ0) is 21.5. The van der Waals surface area contributed by atoms with E-state index in [1.807, 2.05) is 48.7 Å². The Morgan fingerprint density at radius 1 is 0.875 bits per heavy atom. The molecule has 0 radical (unpaired) electrons. The van der Waals surface area contributed by atoms with E-state index >= 15 is 0 Å². The van der Waals surface area contributed by atoms with Crippen LogP contribution < -0.4 is 4.74 Å². The van der Waals surface area contributed by atoms with Crippen LogP contribution in [0.25, 0.3) is 5.76 Å². The summed E-state index contributed by atoms with van der Waals surface area (Å²) in [7, 11) is 1.67. The Labute approximate surface area is 189 Å².